The second-order valence-corrected chi connectivity index (χ2v) is 7.43. The van der Waals surface area contributed by atoms with E-state index in [-0.39, 0.29) is 0 Å². The minimum atomic E-state index is 1.01. The molecule has 4 saturated carbocycles. The van der Waals surface area contributed by atoms with Crippen molar-refractivity contribution in [3.8, 4) is 0 Å². The molecule has 0 spiro atoms. The summed E-state index contributed by atoms with van der Waals surface area (Å²) in [6.45, 7) is 4.92. The molecule has 0 heterocycles. The van der Waals surface area contributed by atoms with Crippen molar-refractivity contribution in [3.63, 3.8) is 0 Å². The summed E-state index contributed by atoms with van der Waals surface area (Å²) in [4.78, 5) is 0. The van der Waals surface area contributed by atoms with Gasteiger partial charge in [-0.3, -0.25) is 0 Å². The molecule has 0 aromatic rings. The molecule has 0 aromatic heterocycles. The van der Waals surface area contributed by atoms with Crippen LogP contribution in [0.15, 0.2) is 0 Å². The van der Waals surface area contributed by atoms with Crippen molar-refractivity contribution in [1.29, 1.82) is 0 Å². The van der Waals surface area contributed by atoms with Gasteiger partial charge in [-0.2, -0.15) is 0 Å². The Bertz CT molecular complexity index is 294. The van der Waals surface area contributed by atoms with Crippen molar-refractivity contribution in [1.82, 2.24) is 0 Å². The molecule has 0 aliphatic heterocycles. The molecule has 4 fully saturated rings. The van der Waals surface area contributed by atoms with Crippen molar-refractivity contribution in [2.45, 2.75) is 52.4 Å². The van der Waals surface area contributed by atoms with Gasteiger partial charge in [0.15, 0.2) is 0 Å². The summed E-state index contributed by atoms with van der Waals surface area (Å²) in [6, 6.07) is 0. The van der Waals surface area contributed by atoms with Gasteiger partial charge in [-0.15, -0.1) is 0 Å². The van der Waals surface area contributed by atoms with E-state index in [0.717, 1.165) is 11.8 Å². The van der Waals surface area contributed by atoms with E-state index in [9.17, 15) is 0 Å². The van der Waals surface area contributed by atoms with Gasteiger partial charge in [0.05, 0.1) is 0 Å². The van der Waals surface area contributed by atoms with Crippen LogP contribution in [0.1, 0.15) is 52.4 Å². The molecule has 4 bridgehead atoms. The largest absolute Gasteiger partial charge is 0.0651 e. The van der Waals surface area contributed by atoms with Gasteiger partial charge in [0.2, 0.25) is 0 Å². The monoisotopic (exact) mass is 218 g/mol. The molecule has 0 saturated heterocycles. The van der Waals surface area contributed by atoms with Crippen LogP contribution >= 0.6 is 0 Å². The summed E-state index contributed by atoms with van der Waals surface area (Å²) in [5.74, 6) is 9.25. The highest BCUT2D eigenvalue weighted by Gasteiger charge is 2.62. The Balaban J connectivity index is 1.61. The first kappa shape index (κ1) is 9.97. The zero-order valence-electron chi connectivity index (χ0n) is 10.9. The standard InChI is InChI=1S/C16H26/c1-3-9(2)13-7-12-8-14(13)16-11-5-4-10(6-11)15(12)16/h9-16H,3-8H2,1-2H3/t9-,10?,11?,12?,13?,14?,15?,16?/m0/s1. The SMILES string of the molecule is CC[C@H](C)C1CC2CC1C1C3CCC(C3)C21. The number of fused-ring (bicyclic) bond motifs is 9. The second kappa shape index (κ2) is 3.27. The molecule has 0 radical (unpaired) electrons. The Kier molecular flexibility index (Phi) is 2.04. The lowest BCUT2D eigenvalue weighted by atomic mass is 9.65. The van der Waals surface area contributed by atoms with Crippen LogP contribution in [0.4, 0.5) is 0 Å². The molecule has 0 heteroatoms. The van der Waals surface area contributed by atoms with Gasteiger partial charge in [-0.05, 0) is 79.4 Å². The van der Waals surface area contributed by atoms with Gasteiger partial charge in [0, 0.05) is 0 Å². The average molecular weight is 218 g/mol. The van der Waals surface area contributed by atoms with E-state index in [4.69, 9.17) is 0 Å². The van der Waals surface area contributed by atoms with Gasteiger partial charge in [-0.25, -0.2) is 0 Å². The topological polar surface area (TPSA) is 0 Å². The summed E-state index contributed by atoms with van der Waals surface area (Å²) in [6.07, 6.45) is 9.50. The van der Waals surface area contributed by atoms with E-state index in [2.05, 4.69) is 13.8 Å². The molecule has 0 nitrogen and oxygen atoms in total. The maximum atomic E-state index is 2.52. The first-order valence-electron chi connectivity index (χ1n) is 7.79. The van der Waals surface area contributed by atoms with Crippen LogP contribution in [0.5, 0.6) is 0 Å². The lowest BCUT2D eigenvalue weighted by Gasteiger charge is -2.40. The zero-order chi connectivity index (χ0) is 10.9. The minimum Gasteiger partial charge on any atom is -0.0651 e. The van der Waals surface area contributed by atoms with Crippen LogP contribution in [0, 0.1) is 47.3 Å². The highest BCUT2D eigenvalue weighted by atomic mass is 14.7. The van der Waals surface area contributed by atoms with Crippen molar-refractivity contribution >= 4 is 0 Å². The Hall–Kier alpha value is 0. The third-order valence-electron chi connectivity index (χ3n) is 7.16. The Morgan fingerprint density at radius 1 is 0.938 bits per heavy atom. The minimum absolute atomic E-state index is 1.01. The summed E-state index contributed by atoms with van der Waals surface area (Å²) in [5.41, 5.74) is 0. The second-order valence-electron chi connectivity index (χ2n) is 7.43. The normalized spacial score (nSPS) is 59.2. The lowest BCUT2D eigenvalue weighted by molar-refractivity contribution is 0.0791. The molecule has 8 atom stereocenters. The Labute approximate surface area is 100 Å². The summed E-state index contributed by atoms with van der Waals surface area (Å²) >= 11 is 0. The van der Waals surface area contributed by atoms with Crippen molar-refractivity contribution in [3.05, 3.63) is 0 Å². The fourth-order valence-corrected chi connectivity index (χ4v) is 6.57. The third kappa shape index (κ3) is 1.07. The molecule has 0 N–H and O–H groups in total. The zero-order valence-corrected chi connectivity index (χ0v) is 10.9. The summed E-state index contributed by atoms with van der Waals surface area (Å²) < 4.78 is 0. The maximum absolute atomic E-state index is 2.52. The third-order valence-corrected chi connectivity index (χ3v) is 7.16. The number of hydrogen-bond donors (Lipinski definition) is 0. The molecule has 4 aliphatic carbocycles. The van der Waals surface area contributed by atoms with Crippen molar-refractivity contribution in [2.24, 2.45) is 47.3 Å². The van der Waals surface area contributed by atoms with Crippen molar-refractivity contribution < 1.29 is 0 Å². The highest BCUT2D eigenvalue weighted by molar-refractivity contribution is 5.11. The molecule has 4 rings (SSSR count). The summed E-state index contributed by atoms with van der Waals surface area (Å²) in [5, 5.41) is 0. The first-order chi connectivity index (χ1) is 7.79. The van der Waals surface area contributed by atoms with E-state index in [0.29, 0.717) is 0 Å². The average Bonchev–Trinajstić information content (AvgIpc) is 3.03. The number of hydrogen-bond acceptors (Lipinski definition) is 0. The summed E-state index contributed by atoms with van der Waals surface area (Å²) in [7, 11) is 0. The quantitative estimate of drug-likeness (QED) is 0.604. The fourth-order valence-electron chi connectivity index (χ4n) is 6.57. The van der Waals surface area contributed by atoms with Gasteiger partial charge in [0.1, 0.15) is 0 Å². The molecule has 0 aromatic carbocycles. The lowest BCUT2D eigenvalue weighted by Crippen LogP contribution is -2.34. The van der Waals surface area contributed by atoms with Gasteiger partial charge in [-0.1, -0.05) is 20.3 Å². The molecule has 16 heavy (non-hydrogen) atoms. The van der Waals surface area contributed by atoms with Crippen LogP contribution in [0.25, 0.3) is 0 Å². The van der Waals surface area contributed by atoms with Gasteiger partial charge in [0.25, 0.3) is 0 Å². The van der Waals surface area contributed by atoms with Crippen LogP contribution in [-0.4, -0.2) is 0 Å². The predicted octanol–water partition coefficient (Wildman–Crippen LogP) is 4.35. The van der Waals surface area contributed by atoms with Crippen LogP contribution in [-0.2, 0) is 0 Å². The molecular formula is C16H26. The van der Waals surface area contributed by atoms with Gasteiger partial charge < -0.3 is 0 Å². The van der Waals surface area contributed by atoms with E-state index in [1.54, 1.807) is 32.1 Å². The Morgan fingerprint density at radius 3 is 2.44 bits per heavy atom. The van der Waals surface area contributed by atoms with E-state index in [1.165, 1.54) is 41.9 Å². The predicted molar refractivity (Wildman–Crippen MR) is 67.0 cm³/mol. The maximum Gasteiger partial charge on any atom is -0.0321 e. The fraction of sp³-hybridized carbons (Fsp3) is 1.00. The first-order valence-corrected chi connectivity index (χ1v) is 7.79. The molecule has 7 unspecified atom stereocenters. The van der Waals surface area contributed by atoms with Gasteiger partial charge >= 0.3 is 0 Å². The van der Waals surface area contributed by atoms with E-state index < -0.39 is 0 Å². The molecule has 90 valence electrons. The van der Waals surface area contributed by atoms with E-state index >= 15 is 0 Å². The smallest absolute Gasteiger partial charge is 0.0321 e. The molecular weight excluding hydrogens is 192 g/mol. The van der Waals surface area contributed by atoms with Crippen molar-refractivity contribution in [2.75, 3.05) is 0 Å². The molecule has 4 aliphatic rings. The van der Waals surface area contributed by atoms with Crippen LogP contribution < -0.4 is 0 Å². The van der Waals surface area contributed by atoms with Crippen LogP contribution in [0.3, 0.4) is 0 Å². The Morgan fingerprint density at radius 2 is 1.69 bits per heavy atom. The molecule has 0 amide bonds. The number of rotatable bonds is 2. The van der Waals surface area contributed by atoms with Crippen LogP contribution in [0.2, 0.25) is 0 Å². The highest BCUT2D eigenvalue weighted by Crippen LogP contribution is 2.69. The van der Waals surface area contributed by atoms with E-state index in [1.807, 2.05) is 0 Å².